The molecule has 1 aliphatic carbocycles. The molecular weight excluding hydrogens is 466 g/mol. The van der Waals surface area contributed by atoms with Gasteiger partial charge < -0.3 is 25.3 Å². The summed E-state index contributed by atoms with van der Waals surface area (Å²) in [6.45, 7) is 12.1. The lowest BCUT2D eigenvalue weighted by Gasteiger charge is -2.30. The van der Waals surface area contributed by atoms with E-state index in [4.69, 9.17) is 0 Å². The van der Waals surface area contributed by atoms with E-state index in [1.807, 2.05) is 43.9 Å². The van der Waals surface area contributed by atoms with Crippen LogP contribution in [0.15, 0.2) is 18.2 Å². The van der Waals surface area contributed by atoms with E-state index in [2.05, 4.69) is 20.4 Å². The van der Waals surface area contributed by atoms with Crippen molar-refractivity contribution in [1.82, 2.24) is 15.1 Å². The van der Waals surface area contributed by atoms with Crippen LogP contribution in [0.3, 0.4) is 0 Å². The number of piperazine rings is 1. The average Bonchev–Trinajstić information content (AvgIpc) is 3.14. The number of nitrogens with one attached hydrogen (secondary N) is 2. The van der Waals surface area contributed by atoms with Gasteiger partial charge in [-0.05, 0) is 42.9 Å². The van der Waals surface area contributed by atoms with Crippen molar-refractivity contribution in [3.05, 3.63) is 23.8 Å². The number of benzene rings is 1. The third-order valence-electron chi connectivity index (χ3n) is 7.72. The summed E-state index contributed by atoms with van der Waals surface area (Å²) in [4.78, 5) is 45.5. The highest BCUT2D eigenvalue weighted by Crippen LogP contribution is 2.31. The first kappa shape index (κ1) is 27.4. The van der Waals surface area contributed by atoms with Crippen LogP contribution in [0.4, 0.5) is 11.4 Å². The summed E-state index contributed by atoms with van der Waals surface area (Å²) in [6.07, 6.45) is 6.88. The highest BCUT2D eigenvalue weighted by molar-refractivity contribution is 6.00. The van der Waals surface area contributed by atoms with Crippen LogP contribution in [0.5, 0.6) is 0 Å². The average molecular weight is 512 g/mol. The SMILES string of the molecule is CC(C)(C)CC(=O)Nc1cc(C(=O)N2CCNCC2)ccc1N1CCCN(C(=O)C2CCCCC2)CC1. The largest absolute Gasteiger partial charge is 0.368 e. The van der Waals surface area contributed by atoms with Crippen molar-refractivity contribution in [1.29, 1.82) is 0 Å². The van der Waals surface area contributed by atoms with Crippen LogP contribution in [-0.2, 0) is 9.59 Å². The molecule has 1 saturated carbocycles. The van der Waals surface area contributed by atoms with Crippen molar-refractivity contribution in [2.24, 2.45) is 11.3 Å². The minimum atomic E-state index is -0.138. The van der Waals surface area contributed by atoms with Crippen LogP contribution in [0, 0.1) is 11.3 Å². The molecule has 0 spiro atoms. The summed E-state index contributed by atoms with van der Waals surface area (Å²) in [5.41, 5.74) is 2.06. The number of nitrogens with zero attached hydrogens (tertiary/aromatic N) is 3. The summed E-state index contributed by atoms with van der Waals surface area (Å²) in [5, 5.41) is 6.41. The lowest BCUT2D eigenvalue weighted by molar-refractivity contribution is -0.136. The Morgan fingerprint density at radius 3 is 2.32 bits per heavy atom. The number of hydrogen-bond donors (Lipinski definition) is 2. The van der Waals surface area contributed by atoms with Crippen molar-refractivity contribution in [3.8, 4) is 0 Å². The topological polar surface area (TPSA) is 85.0 Å². The van der Waals surface area contributed by atoms with E-state index >= 15 is 0 Å². The van der Waals surface area contributed by atoms with Gasteiger partial charge in [0.05, 0.1) is 11.4 Å². The van der Waals surface area contributed by atoms with Crippen LogP contribution < -0.4 is 15.5 Å². The van der Waals surface area contributed by atoms with E-state index in [9.17, 15) is 14.4 Å². The fourth-order valence-corrected chi connectivity index (χ4v) is 5.76. The molecule has 204 valence electrons. The predicted octanol–water partition coefficient (Wildman–Crippen LogP) is 3.73. The Kier molecular flexibility index (Phi) is 9.11. The molecule has 8 nitrogen and oxygen atoms in total. The molecule has 2 N–H and O–H groups in total. The zero-order valence-corrected chi connectivity index (χ0v) is 23.0. The molecule has 3 aliphatic rings. The van der Waals surface area contributed by atoms with Crippen molar-refractivity contribution in [3.63, 3.8) is 0 Å². The monoisotopic (exact) mass is 511 g/mol. The van der Waals surface area contributed by atoms with Crippen molar-refractivity contribution < 1.29 is 14.4 Å². The Bertz CT molecular complexity index is 961. The second-order valence-electron chi connectivity index (χ2n) is 12.1. The molecule has 0 bridgehead atoms. The molecule has 8 heteroatoms. The fraction of sp³-hybridized carbons (Fsp3) is 0.690. The molecule has 3 amide bonds. The van der Waals surface area contributed by atoms with Gasteiger partial charge in [-0.2, -0.15) is 0 Å². The Hall–Kier alpha value is -2.61. The van der Waals surface area contributed by atoms with Gasteiger partial charge in [0.2, 0.25) is 11.8 Å². The summed E-state index contributed by atoms with van der Waals surface area (Å²) in [5.74, 6) is 0.448. The molecule has 0 unspecified atom stereocenters. The zero-order chi connectivity index (χ0) is 26.4. The molecule has 3 fully saturated rings. The standard InChI is InChI=1S/C29H45N5O3/c1-29(2,3)21-26(35)31-24-20-23(28(37)34-16-12-30-13-17-34)10-11-25(24)32-14-7-15-33(19-18-32)27(36)22-8-5-4-6-9-22/h10-11,20,22,30H,4-9,12-19,21H2,1-3H3,(H,31,35). The van der Waals surface area contributed by atoms with Gasteiger partial charge in [0, 0.05) is 70.3 Å². The molecule has 0 atom stereocenters. The molecule has 0 aromatic heterocycles. The Balaban J connectivity index is 1.52. The van der Waals surface area contributed by atoms with Gasteiger partial charge in [0.25, 0.3) is 5.91 Å². The van der Waals surface area contributed by atoms with E-state index in [1.165, 1.54) is 6.42 Å². The maximum Gasteiger partial charge on any atom is 0.254 e. The molecule has 1 aromatic carbocycles. The quantitative estimate of drug-likeness (QED) is 0.629. The molecule has 37 heavy (non-hydrogen) atoms. The van der Waals surface area contributed by atoms with E-state index in [0.29, 0.717) is 49.8 Å². The summed E-state index contributed by atoms with van der Waals surface area (Å²) >= 11 is 0. The van der Waals surface area contributed by atoms with Gasteiger partial charge in [-0.1, -0.05) is 40.0 Å². The third kappa shape index (κ3) is 7.46. The van der Waals surface area contributed by atoms with Gasteiger partial charge in [-0.25, -0.2) is 0 Å². The van der Waals surface area contributed by atoms with E-state index in [1.54, 1.807) is 0 Å². The minimum absolute atomic E-state index is 0.000472. The molecule has 2 saturated heterocycles. The molecule has 1 aromatic rings. The Morgan fingerprint density at radius 2 is 1.62 bits per heavy atom. The van der Waals surface area contributed by atoms with Gasteiger partial charge in [0.15, 0.2) is 0 Å². The van der Waals surface area contributed by atoms with E-state index < -0.39 is 0 Å². The first-order valence-electron chi connectivity index (χ1n) is 14.2. The summed E-state index contributed by atoms with van der Waals surface area (Å²) in [7, 11) is 0. The van der Waals surface area contributed by atoms with Crippen LogP contribution in [0.25, 0.3) is 0 Å². The summed E-state index contributed by atoms with van der Waals surface area (Å²) in [6, 6.07) is 5.70. The second kappa shape index (κ2) is 12.3. The van der Waals surface area contributed by atoms with E-state index in [-0.39, 0.29) is 23.1 Å². The second-order valence-corrected chi connectivity index (χ2v) is 12.1. The molecule has 2 aliphatic heterocycles. The number of carbonyl (C=O) groups is 3. The number of hydrogen-bond acceptors (Lipinski definition) is 5. The Labute approximate surface area is 222 Å². The first-order chi connectivity index (χ1) is 17.7. The first-order valence-corrected chi connectivity index (χ1v) is 14.2. The van der Waals surface area contributed by atoms with Crippen LogP contribution in [0.1, 0.15) is 76.1 Å². The maximum absolute atomic E-state index is 13.2. The predicted molar refractivity (Wildman–Crippen MR) is 148 cm³/mol. The van der Waals surface area contributed by atoms with Gasteiger partial charge >= 0.3 is 0 Å². The third-order valence-corrected chi connectivity index (χ3v) is 7.72. The number of anilines is 2. The van der Waals surface area contributed by atoms with E-state index in [0.717, 1.165) is 64.0 Å². The maximum atomic E-state index is 13.2. The normalized spacial score (nSPS) is 19.9. The molecular formula is C29H45N5O3. The van der Waals surface area contributed by atoms with Crippen molar-refractivity contribution in [2.45, 2.75) is 65.7 Å². The number of amides is 3. The van der Waals surface area contributed by atoms with Gasteiger partial charge in [0.1, 0.15) is 0 Å². The Morgan fingerprint density at radius 1 is 0.892 bits per heavy atom. The molecule has 4 rings (SSSR count). The zero-order valence-electron chi connectivity index (χ0n) is 23.0. The molecule has 2 heterocycles. The van der Waals surface area contributed by atoms with Gasteiger partial charge in [-0.15, -0.1) is 0 Å². The fourth-order valence-electron chi connectivity index (χ4n) is 5.76. The highest BCUT2D eigenvalue weighted by Gasteiger charge is 2.28. The molecule has 0 radical (unpaired) electrons. The lowest BCUT2D eigenvalue weighted by Crippen LogP contribution is -2.46. The highest BCUT2D eigenvalue weighted by atomic mass is 16.2. The minimum Gasteiger partial charge on any atom is -0.368 e. The summed E-state index contributed by atoms with van der Waals surface area (Å²) < 4.78 is 0. The van der Waals surface area contributed by atoms with Gasteiger partial charge in [-0.3, -0.25) is 14.4 Å². The van der Waals surface area contributed by atoms with Crippen LogP contribution in [0.2, 0.25) is 0 Å². The number of carbonyl (C=O) groups excluding carboxylic acids is 3. The van der Waals surface area contributed by atoms with Crippen LogP contribution >= 0.6 is 0 Å². The van der Waals surface area contributed by atoms with Crippen LogP contribution in [-0.4, -0.2) is 79.9 Å². The smallest absolute Gasteiger partial charge is 0.254 e. The van der Waals surface area contributed by atoms with Crippen molar-refractivity contribution in [2.75, 3.05) is 62.6 Å². The lowest BCUT2D eigenvalue weighted by atomic mass is 9.88. The van der Waals surface area contributed by atoms with Crippen molar-refractivity contribution >= 4 is 29.1 Å². The number of rotatable bonds is 5.